The zero-order valence-corrected chi connectivity index (χ0v) is 22.4. The van der Waals surface area contributed by atoms with Crippen LogP contribution in [-0.2, 0) is 19.1 Å². The van der Waals surface area contributed by atoms with Crippen LogP contribution in [0.2, 0.25) is 0 Å². The van der Waals surface area contributed by atoms with Crippen molar-refractivity contribution in [3.05, 3.63) is 0 Å². The lowest BCUT2D eigenvalue weighted by Crippen LogP contribution is -2.64. The van der Waals surface area contributed by atoms with Crippen molar-refractivity contribution in [3.8, 4) is 0 Å². The summed E-state index contributed by atoms with van der Waals surface area (Å²) >= 11 is 0. The van der Waals surface area contributed by atoms with Crippen molar-refractivity contribution in [3.63, 3.8) is 0 Å². The fourth-order valence-electron chi connectivity index (χ4n) is 6.16. The Morgan fingerprint density at radius 3 is 1.21 bits per heavy atom. The molecule has 3 aliphatic rings. The molecule has 1 aliphatic carbocycles. The van der Waals surface area contributed by atoms with E-state index in [1.54, 1.807) is 0 Å². The maximum absolute atomic E-state index is 12.9. The first kappa shape index (κ1) is 27.4. The van der Waals surface area contributed by atoms with Gasteiger partial charge in [0.05, 0.1) is 22.9 Å². The van der Waals surface area contributed by atoms with Crippen molar-refractivity contribution in [1.29, 1.82) is 0 Å². The first-order valence-corrected chi connectivity index (χ1v) is 12.9. The molecule has 8 heteroatoms. The first-order valence-electron chi connectivity index (χ1n) is 12.9. The van der Waals surface area contributed by atoms with E-state index in [-0.39, 0.29) is 47.1 Å². The zero-order chi connectivity index (χ0) is 25.7. The number of hydrogen-bond donors (Lipinski definition) is 2. The van der Waals surface area contributed by atoms with Crippen molar-refractivity contribution in [1.82, 2.24) is 10.1 Å². The van der Waals surface area contributed by atoms with Crippen molar-refractivity contribution >= 4 is 11.9 Å². The Kier molecular flexibility index (Phi) is 7.52. The topological polar surface area (TPSA) is 99.5 Å². The number of nitrogens with zero attached hydrogens (tertiary/aromatic N) is 2. The van der Waals surface area contributed by atoms with Crippen molar-refractivity contribution < 1.29 is 29.5 Å². The molecule has 0 spiro atoms. The molecule has 2 N–H and O–H groups in total. The molecular formula is C26H46N2O6. The van der Waals surface area contributed by atoms with Crippen molar-refractivity contribution in [2.45, 2.75) is 141 Å². The van der Waals surface area contributed by atoms with Gasteiger partial charge in [-0.15, -0.1) is 0 Å². The summed E-state index contributed by atoms with van der Waals surface area (Å²) in [5.74, 6) is -0.933. The summed E-state index contributed by atoms with van der Waals surface area (Å²) in [6.45, 7) is 15.6. The molecule has 0 aromatic carbocycles. The second-order valence-electron chi connectivity index (χ2n) is 13.0. The lowest BCUT2D eigenvalue weighted by molar-refractivity contribution is -0.274. The third kappa shape index (κ3) is 5.15. The van der Waals surface area contributed by atoms with E-state index in [0.29, 0.717) is 38.5 Å². The molecule has 0 bridgehead atoms. The van der Waals surface area contributed by atoms with Gasteiger partial charge >= 0.3 is 11.9 Å². The maximum Gasteiger partial charge on any atom is 0.309 e. The van der Waals surface area contributed by atoms with Gasteiger partial charge in [0.15, 0.2) is 0 Å². The molecule has 2 atom stereocenters. The Hall–Kier alpha value is -1.22. The molecule has 2 heterocycles. The fourth-order valence-corrected chi connectivity index (χ4v) is 6.16. The van der Waals surface area contributed by atoms with Gasteiger partial charge in [-0.3, -0.25) is 9.59 Å². The van der Waals surface area contributed by atoms with Gasteiger partial charge in [-0.05, 0) is 107 Å². The first-order chi connectivity index (χ1) is 15.5. The summed E-state index contributed by atoms with van der Waals surface area (Å²) in [7, 11) is 0. The summed E-state index contributed by atoms with van der Waals surface area (Å²) in [5, 5.41) is 23.9. The minimum Gasteiger partial charge on any atom is -0.460 e. The van der Waals surface area contributed by atoms with Crippen LogP contribution in [0, 0.1) is 11.8 Å². The average molecular weight is 483 g/mol. The van der Waals surface area contributed by atoms with Gasteiger partial charge in [0.25, 0.3) is 0 Å². The van der Waals surface area contributed by atoms with Gasteiger partial charge in [0.2, 0.25) is 0 Å². The molecule has 2 saturated heterocycles. The molecule has 0 radical (unpaired) electrons. The average Bonchev–Trinajstić information content (AvgIpc) is 2.75. The van der Waals surface area contributed by atoms with E-state index >= 15 is 0 Å². The highest BCUT2D eigenvalue weighted by atomic mass is 16.6. The van der Waals surface area contributed by atoms with Crippen LogP contribution in [0.3, 0.4) is 0 Å². The van der Waals surface area contributed by atoms with E-state index in [4.69, 9.17) is 9.47 Å². The lowest BCUT2D eigenvalue weighted by atomic mass is 9.79. The summed E-state index contributed by atoms with van der Waals surface area (Å²) in [6, 6.07) is 0. The Morgan fingerprint density at radius 1 is 0.618 bits per heavy atom. The molecule has 8 nitrogen and oxygen atoms in total. The van der Waals surface area contributed by atoms with Crippen LogP contribution >= 0.6 is 0 Å². The highest BCUT2D eigenvalue weighted by Crippen LogP contribution is 2.41. The van der Waals surface area contributed by atoms with Crippen LogP contribution in [-0.4, -0.2) is 66.8 Å². The van der Waals surface area contributed by atoms with Crippen LogP contribution in [0.1, 0.15) is 107 Å². The zero-order valence-electron chi connectivity index (χ0n) is 22.4. The highest BCUT2D eigenvalue weighted by Gasteiger charge is 2.51. The Balaban J connectivity index is 1.51. The van der Waals surface area contributed by atoms with Gasteiger partial charge < -0.3 is 19.9 Å². The van der Waals surface area contributed by atoms with Crippen LogP contribution in [0.25, 0.3) is 0 Å². The minimum absolute atomic E-state index is 0.232. The number of rotatable bonds is 4. The fraction of sp³-hybridized carbons (Fsp3) is 0.923. The molecule has 3 rings (SSSR count). The second kappa shape index (κ2) is 9.34. The molecule has 34 heavy (non-hydrogen) atoms. The van der Waals surface area contributed by atoms with Crippen LogP contribution in [0.5, 0.6) is 0 Å². The summed E-state index contributed by atoms with van der Waals surface area (Å²) in [5.41, 5.74) is -2.05. The lowest BCUT2D eigenvalue weighted by Gasteiger charge is -2.52. The number of carbonyl (C=O) groups excluding carboxylic acids is 2. The van der Waals surface area contributed by atoms with Gasteiger partial charge in [0, 0.05) is 11.1 Å². The molecule has 3 fully saturated rings. The van der Waals surface area contributed by atoms with Gasteiger partial charge in [0.1, 0.15) is 12.2 Å². The number of piperidine rings is 2. The van der Waals surface area contributed by atoms with E-state index in [1.165, 1.54) is 10.1 Å². The van der Waals surface area contributed by atoms with Crippen LogP contribution < -0.4 is 0 Å². The van der Waals surface area contributed by atoms with Gasteiger partial charge in [-0.2, -0.15) is 10.1 Å². The van der Waals surface area contributed by atoms with Crippen LogP contribution in [0.4, 0.5) is 0 Å². The van der Waals surface area contributed by atoms with E-state index < -0.39 is 11.1 Å². The van der Waals surface area contributed by atoms with Crippen LogP contribution in [0.15, 0.2) is 0 Å². The SMILES string of the molecule is CC1(C)CCC(OC(=O)C2CCC(C(=O)OC3CCC(C)(C)N(O)C3(C)C)CC2)C(C)(C)N1O. The van der Waals surface area contributed by atoms with Gasteiger partial charge in [-0.25, -0.2) is 0 Å². The number of ether oxygens (including phenoxy) is 2. The normalized spacial score (nSPS) is 35.4. The minimum atomic E-state index is -0.666. The summed E-state index contributed by atoms with van der Waals surface area (Å²) in [4.78, 5) is 25.9. The molecule has 1 saturated carbocycles. The highest BCUT2D eigenvalue weighted by molar-refractivity contribution is 5.75. The Bertz CT molecular complexity index is 705. The maximum atomic E-state index is 12.9. The van der Waals surface area contributed by atoms with Gasteiger partial charge in [-0.1, -0.05) is 0 Å². The molecule has 0 aromatic rings. The number of hydrogen-bond acceptors (Lipinski definition) is 8. The quantitative estimate of drug-likeness (QED) is 0.556. The Labute approximate surface area is 204 Å². The van der Waals surface area contributed by atoms with E-state index in [2.05, 4.69) is 0 Å². The molecule has 196 valence electrons. The van der Waals surface area contributed by atoms with E-state index in [1.807, 2.05) is 55.4 Å². The Morgan fingerprint density at radius 2 is 0.912 bits per heavy atom. The number of esters is 2. The van der Waals surface area contributed by atoms with E-state index in [9.17, 15) is 20.0 Å². The number of carbonyl (C=O) groups is 2. The van der Waals surface area contributed by atoms with Crippen molar-refractivity contribution in [2.75, 3.05) is 0 Å². The summed E-state index contributed by atoms with van der Waals surface area (Å²) in [6.07, 6.45) is 4.51. The predicted molar refractivity (Wildman–Crippen MR) is 127 cm³/mol. The molecule has 2 unspecified atom stereocenters. The number of hydroxylamine groups is 4. The standard InChI is InChI=1S/C26H46N2O6/c1-23(2)15-13-19(25(5,6)27(23)31)33-21(29)17-9-11-18(12-10-17)22(30)34-20-14-16-24(3,4)28(32)26(20,7)8/h17-20,31-32H,9-16H2,1-8H3. The third-order valence-electron chi connectivity index (χ3n) is 8.76. The molecular weight excluding hydrogens is 436 g/mol. The molecule has 2 aliphatic heterocycles. The second-order valence-corrected chi connectivity index (χ2v) is 13.0. The van der Waals surface area contributed by atoms with E-state index in [0.717, 1.165) is 12.8 Å². The molecule has 0 aromatic heterocycles. The predicted octanol–water partition coefficient (Wildman–Crippen LogP) is 4.70. The smallest absolute Gasteiger partial charge is 0.309 e. The molecule has 0 amide bonds. The summed E-state index contributed by atoms with van der Waals surface area (Å²) < 4.78 is 11.8. The third-order valence-corrected chi connectivity index (χ3v) is 8.76. The monoisotopic (exact) mass is 482 g/mol. The largest absolute Gasteiger partial charge is 0.460 e. The van der Waals surface area contributed by atoms with Crippen molar-refractivity contribution in [2.24, 2.45) is 11.8 Å².